The normalized spacial score (nSPS) is 40.7. The molecule has 0 spiro atoms. The molecule has 2 N–H and O–H groups in total. The van der Waals surface area contributed by atoms with Crippen molar-refractivity contribution < 1.29 is 4.74 Å². The van der Waals surface area contributed by atoms with Crippen LogP contribution in [0.15, 0.2) is 0 Å². The van der Waals surface area contributed by atoms with E-state index in [0.717, 1.165) is 6.42 Å². The topological polar surface area (TPSA) is 35.2 Å². The van der Waals surface area contributed by atoms with E-state index in [1.54, 1.807) is 0 Å². The molecule has 2 heterocycles. The minimum atomic E-state index is 0.0384. The average Bonchev–Trinajstić information content (AvgIpc) is 2.72. The van der Waals surface area contributed by atoms with Crippen molar-refractivity contribution in [2.24, 2.45) is 5.73 Å². The van der Waals surface area contributed by atoms with E-state index < -0.39 is 0 Å². The summed E-state index contributed by atoms with van der Waals surface area (Å²) in [4.78, 5) is 0. The Morgan fingerprint density at radius 1 is 1.29 bits per heavy atom. The van der Waals surface area contributed by atoms with Crippen LogP contribution in [0.3, 0.4) is 0 Å². The lowest BCUT2D eigenvalue weighted by Gasteiger charge is -2.31. The van der Waals surface area contributed by atoms with Crippen LogP contribution < -0.4 is 5.73 Å². The fourth-order valence-electron chi connectivity index (χ4n) is 2.98. The van der Waals surface area contributed by atoms with Crippen LogP contribution in [0.4, 0.5) is 0 Å². The third kappa shape index (κ3) is 1.96. The molecule has 14 heavy (non-hydrogen) atoms. The Bertz CT molecular complexity index is 195. The fraction of sp³-hybridized carbons (Fsp3) is 1.00. The van der Waals surface area contributed by atoms with Crippen LogP contribution in [0.1, 0.15) is 58.3 Å². The van der Waals surface area contributed by atoms with E-state index in [4.69, 9.17) is 10.5 Å². The predicted octanol–water partition coefficient (Wildman–Crippen LogP) is 2.61. The van der Waals surface area contributed by atoms with Gasteiger partial charge in [-0.3, -0.25) is 0 Å². The first kappa shape index (κ1) is 10.4. The molecule has 2 bridgehead atoms. The minimum Gasteiger partial charge on any atom is -0.373 e. The second-order valence-electron chi connectivity index (χ2n) is 5.07. The lowest BCUT2D eigenvalue weighted by atomic mass is 9.79. The van der Waals surface area contributed by atoms with E-state index in [9.17, 15) is 0 Å². The Balaban J connectivity index is 1.74. The highest BCUT2D eigenvalue weighted by Crippen LogP contribution is 2.42. The molecule has 82 valence electrons. The lowest BCUT2D eigenvalue weighted by Crippen LogP contribution is -2.48. The molecule has 0 aliphatic carbocycles. The molecule has 2 heteroatoms. The first-order valence-corrected chi connectivity index (χ1v) is 6.19. The zero-order chi connectivity index (χ0) is 10.0. The lowest BCUT2D eigenvalue weighted by molar-refractivity contribution is 0.0832. The maximum Gasteiger partial charge on any atom is 0.0760 e. The molecular formula is C12H23NO. The molecule has 3 atom stereocenters. The van der Waals surface area contributed by atoms with Crippen molar-refractivity contribution in [2.45, 2.75) is 76.0 Å². The van der Waals surface area contributed by atoms with Crippen LogP contribution in [0.2, 0.25) is 0 Å². The third-order valence-corrected chi connectivity index (χ3v) is 3.85. The van der Waals surface area contributed by atoms with Gasteiger partial charge in [0.25, 0.3) is 0 Å². The second kappa shape index (κ2) is 4.19. The number of rotatable bonds is 5. The number of unbranched alkanes of at least 4 members (excludes halogenated alkanes) is 3. The number of hydrogen-bond acceptors (Lipinski definition) is 2. The molecule has 2 aliphatic heterocycles. The van der Waals surface area contributed by atoms with Gasteiger partial charge in [-0.15, -0.1) is 0 Å². The van der Waals surface area contributed by atoms with Crippen LogP contribution in [-0.2, 0) is 4.74 Å². The fourth-order valence-corrected chi connectivity index (χ4v) is 2.98. The van der Waals surface area contributed by atoms with Crippen molar-refractivity contribution in [3.05, 3.63) is 0 Å². The van der Waals surface area contributed by atoms with E-state index in [2.05, 4.69) is 6.92 Å². The molecule has 2 saturated heterocycles. The van der Waals surface area contributed by atoms with Gasteiger partial charge in [0.1, 0.15) is 0 Å². The van der Waals surface area contributed by atoms with Crippen LogP contribution in [0.25, 0.3) is 0 Å². The summed E-state index contributed by atoms with van der Waals surface area (Å²) in [7, 11) is 0. The van der Waals surface area contributed by atoms with Crippen LogP contribution >= 0.6 is 0 Å². The second-order valence-corrected chi connectivity index (χ2v) is 5.07. The summed E-state index contributed by atoms with van der Waals surface area (Å²) in [5, 5.41) is 0. The molecule has 0 saturated carbocycles. The molecule has 2 nitrogen and oxygen atoms in total. The summed E-state index contributed by atoms with van der Waals surface area (Å²) in [5.74, 6) is 0. The van der Waals surface area contributed by atoms with Gasteiger partial charge < -0.3 is 10.5 Å². The zero-order valence-electron chi connectivity index (χ0n) is 9.30. The van der Waals surface area contributed by atoms with Crippen molar-refractivity contribution in [1.82, 2.24) is 0 Å². The van der Waals surface area contributed by atoms with Gasteiger partial charge in [0, 0.05) is 5.54 Å². The maximum atomic E-state index is 6.40. The summed E-state index contributed by atoms with van der Waals surface area (Å²) in [6.07, 6.45) is 10.9. The average molecular weight is 197 g/mol. The Kier molecular flexibility index (Phi) is 3.13. The van der Waals surface area contributed by atoms with Gasteiger partial charge in [-0.1, -0.05) is 32.6 Å². The summed E-state index contributed by atoms with van der Waals surface area (Å²) in [6.45, 7) is 2.25. The van der Waals surface area contributed by atoms with Crippen molar-refractivity contribution in [3.8, 4) is 0 Å². The SMILES string of the molecule is CCCCCCC1(N)CC2CCC1O2. The molecule has 2 aliphatic rings. The van der Waals surface area contributed by atoms with Gasteiger partial charge in [0.15, 0.2) is 0 Å². The Morgan fingerprint density at radius 2 is 2.14 bits per heavy atom. The quantitative estimate of drug-likeness (QED) is 0.688. The number of fused-ring (bicyclic) bond motifs is 2. The van der Waals surface area contributed by atoms with Crippen molar-refractivity contribution in [2.75, 3.05) is 0 Å². The van der Waals surface area contributed by atoms with E-state index in [0.29, 0.717) is 12.2 Å². The number of ether oxygens (including phenoxy) is 1. The monoisotopic (exact) mass is 197 g/mol. The molecule has 0 amide bonds. The van der Waals surface area contributed by atoms with Crippen LogP contribution in [0, 0.1) is 0 Å². The van der Waals surface area contributed by atoms with Gasteiger partial charge in [-0.05, 0) is 25.7 Å². The van der Waals surface area contributed by atoms with Gasteiger partial charge in [-0.2, -0.15) is 0 Å². The summed E-state index contributed by atoms with van der Waals surface area (Å²) in [5.41, 5.74) is 6.44. The largest absolute Gasteiger partial charge is 0.373 e. The minimum absolute atomic E-state index is 0.0384. The summed E-state index contributed by atoms with van der Waals surface area (Å²) in [6, 6.07) is 0. The number of hydrogen-bond donors (Lipinski definition) is 1. The Morgan fingerprint density at radius 3 is 2.71 bits per heavy atom. The summed E-state index contributed by atoms with van der Waals surface area (Å²) >= 11 is 0. The van der Waals surface area contributed by atoms with Crippen LogP contribution in [0.5, 0.6) is 0 Å². The highest BCUT2D eigenvalue weighted by molar-refractivity contribution is 5.04. The van der Waals surface area contributed by atoms with Crippen molar-refractivity contribution in [1.29, 1.82) is 0 Å². The molecule has 2 fully saturated rings. The van der Waals surface area contributed by atoms with Crippen LogP contribution in [-0.4, -0.2) is 17.7 Å². The van der Waals surface area contributed by atoms with E-state index in [1.165, 1.54) is 44.9 Å². The van der Waals surface area contributed by atoms with Gasteiger partial charge >= 0.3 is 0 Å². The first-order valence-electron chi connectivity index (χ1n) is 6.19. The van der Waals surface area contributed by atoms with E-state index in [1.807, 2.05) is 0 Å². The Hall–Kier alpha value is -0.0800. The molecule has 3 unspecified atom stereocenters. The predicted molar refractivity (Wildman–Crippen MR) is 58.2 cm³/mol. The highest BCUT2D eigenvalue weighted by atomic mass is 16.5. The molecular weight excluding hydrogens is 174 g/mol. The maximum absolute atomic E-state index is 6.40. The Labute approximate surface area is 87.2 Å². The molecule has 0 aromatic carbocycles. The molecule has 0 aromatic heterocycles. The van der Waals surface area contributed by atoms with Gasteiger partial charge in [-0.25, -0.2) is 0 Å². The third-order valence-electron chi connectivity index (χ3n) is 3.85. The zero-order valence-corrected chi connectivity index (χ0v) is 9.30. The molecule has 0 radical (unpaired) electrons. The van der Waals surface area contributed by atoms with Crippen molar-refractivity contribution >= 4 is 0 Å². The first-order chi connectivity index (χ1) is 6.74. The summed E-state index contributed by atoms with van der Waals surface area (Å²) < 4.78 is 5.82. The van der Waals surface area contributed by atoms with E-state index in [-0.39, 0.29) is 5.54 Å². The van der Waals surface area contributed by atoms with E-state index >= 15 is 0 Å². The molecule has 0 aromatic rings. The van der Waals surface area contributed by atoms with Gasteiger partial charge in [0.2, 0.25) is 0 Å². The smallest absolute Gasteiger partial charge is 0.0760 e. The van der Waals surface area contributed by atoms with Crippen molar-refractivity contribution in [3.63, 3.8) is 0 Å². The molecule has 2 rings (SSSR count). The van der Waals surface area contributed by atoms with Gasteiger partial charge in [0.05, 0.1) is 12.2 Å². The standard InChI is InChI=1S/C12H23NO/c1-2-3-4-5-8-12(13)9-10-6-7-11(12)14-10/h10-11H,2-9,13H2,1H3. The number of nitrogens with two attached hydrogens (primary N) is 1. The highest BCUT2D eigenvalue weighted by Gasteiger charge is 2.49.